The minimum atomic E-state index is -0.387. The summed E-state index contributed by atoms with van der Waals surface area (Å²) in [6.07, 6.45) is 4.86. The van der Waals surface area contributed by atoms with E-state index >= 15 is 0 Å². The molecule has 0 aliphatic rings. The maximum Gasteiger partial charge on any atom is 0.280 e. The van der Waals surface area contributed by atoms with Crippen molar-refractivity contribution in [2.75, 3.05) is 0 Å². The lowest BCUT2D eigenvalue weighted by Crippen LogP contribution is -2.22. The van der Waals surface area contributed by atoms with Gasteiger partial charge in [0.1, 0.15) is 5.82 Å². The molecule has 0 atom stereocenters. The number of hydrogen-bond donors (Lipinski definition) is 2. The van der Waals surface area contributed by atoms with Crippen molar-refractivity contribution in [2.45, 2.75) is 6.54 Å². The molecular formula is C23H16FN5O2. The molecule has 152 valence electrons. The van der Waals surface area contributed by atoms with Gasteiger partial charge in [-0.25, -0.2) is 9.07 Å². The maximum absolute atomic E-state index is 13.3. The van der Waals surface area contributed by atoms with Gasteiger partial charge in [-0.3, -0.25) is 24.7 Å². The normalized spacial score (nSPS) is 11.1. The Bertz CT molecular complexity index is 1470. The number of H-pyrrole nitrogens is 1. The zero-order chi connectivity index (χ0) is 21.4. The standard InChI is InChI=1S/C23H16FN5O2/c24-16-4-6-17(7-5-16)29-23(31)19-13-26-20-8-3-15(10-18(20)21(19)28-29)22(30)27-12-14-2-1-9-25-11-14/h1-11,13,28H,12H2,(H,27,30). The number of aromatic amines is 1. The number of fused-ring (bicyclic) bond motifs is 3. The molecule has 0 aliphatic carbocycles. The van der Waals surface area contributed by atoms with E-state index in [2.05, 4.69) is 20.4 Å². The van der Waals surface area contributed by atoms with Gasteiger partial charge in [-0.1, -0.05) is 6.07 Å². The van der Waals surface area contributed by atoms with Crippen LogP contribution in [0.3, 0.4) is 0 Å². The molecule has 0 radical (unpaired) electrons. The fourth-order valence-electron chi connectivity index (χ4n) is 3.46. The highest BCUT2D eigenvalue weighted by atomic mass is 19.1. The van der Waals surface area contributed by atoms with Crippen molar-refractivity contribution in [3.05, 3.63) is 100 Å². The molecule has 0 fully saturated rings. The van der Waals surface area contributed by atoms with Crippen molar-refractivity contribution in [3.8, 4) is 5.69 Å². The SMILES string of the molecule is O=C(NCc1cccnc1)c1ccc2ncc3c(=O)n(-c4ccc(F)cc4)[nH]c3c2c1. The minimum Gasteiger partial charge on any atom is -0.348 e. The first-order valence-corrected chi connectivity index (χ1v) is 9.57. The van der Waals surface area contributed by atoms with Crippen molar-refractivity contribution in [2.24, 2.45) is 0 Å². The van der Waals surface area contributed by atoms with Crippen molar-refractivity contribution < 1.29 is 9.18 Å². The number of nitrogens with one attached hydrogen (secondary N) is 2. The van der Waals surface area contributed by atoms with Gasteiger partial charge < -0.3 is 5.32 Å². The molecule has 2 aromatic carbocycles. The van der Waals surface area contributed by atoms with Crippen LogP contribution < -0.4 is 10.9 Å². The van der Waals surface area contributed by atoms with E-state index in [4.69, 9.17) is 0 Å². The fourth-order valence-corrected chi connectivity index (χ4v) is 3.46. The molecule has 0 unspecified atom stereocenters. The monoisotopic (exact) mass is 413 g/mol. The van der Waals surface area contributed by atoms with Crippen molar-refractivity contribution in [1.82, 2.24) is 25.1 Å². The first-order chi connectivity index (χ1) is 15.1. The van der Waals surface area contributed by atoms with Crippen molar-refractivity contribution >= 4 is 27.7 Å². The second-order valence-electron chi connectivity index (χ2n) is 7.05. The summed E-state index contributed by atoms with van der Waals surface area (Å²) >= 11 is 0. The van der Waals surface area contributed by atoms with Crippen LogP contribution in [0.25, 0.3) is 27.5 Å². The number of nitrogens with zero attached hydrogens (tertiary/aromatic N) is 3. The smallest absolute Gasteiger partial charge is 0.280 e. The molecule has 0 bridgehead atoms. The first kappa shape index (κ1) is 18.7. The third kappa shape index (κ3) is 3.44. The van der Waals surface area contributed by atoms with Gasteiger partial charge in [0.15, 0.2) is 0 Å². The van der Waals surface area contributed by atoms with Crippen molar-refractivity contribution in [3.63, 3.8) is 0 Å². The van der Waals surface area contributed by atoms with Gasteiger partial charge in [-0.05, 0) is 54.1 Å². The Morgan fingerprint density at radius 3 is 2.68 bits per heavy atom. The van der Waals surface area contributed by atoms with Crippen LogP contribution in [0.15, 0.2) is 78.0 Å². The lowest BCUT2D eigenvalue weighted by Gasteiger charge is -2.06. The van der Waals surface area contributed by atoms with Gasteiger partial charge in [0.2, 0.25) is 0 Å². The van der Waals surface area contributed by atoms with E-state index in [0.29, 0.717) is 39.6 Å². The molecule has 3 heterocycles. The predicted molar refractivity (Wildman–Crippen MR) is 115 cm³/mol. The van der Waals surface area contributed by atoms with E-state index in [1.165, 1.54) is 35.1 Å². The Morgan fingerprint density at radius 1 is 1.06 bits per heavy atom. The summed E-state index contributed by atoms with van der Waals surface area (Å²) in [4.78, 5) is 33.9. The lowest BCUT2D eigenvalue weighted by molar-refractivity contribution is 0.0951. The van der Waals surface area contributed by atoms with Crippen LogP contribution in [0.1, 0.15) is 15.9 Å². The quantitative estimate of drug-likeness (QED) is 0.473. The summed E-state index contributed by atoms with van der Waals surface area (Å²) in [5, 5.41) is 6.95. The van der Waals surface area contributed by atoms with Crippen LogP contribution in [-0.2, 0) is 6.54 Å². The van der Waals surface area contributed by atoms with Crippen molar-refractivity contribution in [1.29, 1.82) is 0 Å². The molecule has 0 saturated carbocycles. The molecule has 1 amide bonds. The lowest BCUT2D eigenvalue weighted by atomic mass is 10.1. The molecule has 5 aromatic rings. The largest absolute Gasteiger partial charge is 0.348 e. The zero-order valence-electron chi connectivity index (χ0n) is 16.2. The first-order valence-electron chi connectivity index (χ1n) is 9.57. The van der Waals surface area contributed by atoms with E-state index in [1.54, 1.807) is 30.6 Å². The summed E-state index contributed by atoms with van der Waals surface area (Å²) in [5.41, 5.74) is 2.73. The fraction of sp³-hybridized carbons (Fsp3) is 0.0435. The molecular weight excluding hydrogens is 397 g/mol. The Hall–Kier alpha value is -4.33. The number of amides is 1. The zero-order valence-corrected chi connectivity index (χ0v) is 16.2. The molecule has 0 aliphatic heterocycles. The Morgan fingerprint density at radius 2 is 1.90 bits per heavy atom. The average Bonchev–Trinajstić information content (AvgIpc) is 3.15. The van der Waals surface area contributed by atoms with Gasteiger partial charge >= 0.3 is 0 Å². The summed E-state index contributed by atoms with van der Waals surface area (Å²) in [6, 6.07) is 14.4. The van der Waals surface area contributed by atoms with Crippen LogP contribution in [0.5, 0.6) is 0 Å². The second kappa shape index (κ2) is 7.49. The number of halogens is 1. The third-order valence-corrected chi connectivity index (χ3v) is 5.05. The van der Waals surface area contributed by atoms with Crippen LogP contribution >= 0.6 is 0 Å². The Balaban J connectivity index is 1.54. The van der Waals surface area contributed by atoms with Gasteiger partial charge in [0, 0.05) is 36.1 Å². The van der Waals surface area contributed by atoms with E-state index in [1.807, 2.05) is 12.1 Å². The average molecular weight is 413 g/mol. The van der Waals surface area contributed by atoms with Crippen LogP contribution in [0.2, 0.25) is 0 Å². The molecule has 7 nitrogen and oxygen atoms in total. The molecule has 3 aromatic heterocycles. The third-order valence-electron chi connectivity index (χ3n) is 5.05. The Labute approximate surface area is 175 Å². The number of benzene rings is 2. The van der Waals surface area contributed by atoms with E-state index in [-0.39, 0.29) is 17.3 Å². The van der Waals surface area contributed by atoms with Gasteiger partial charge in [-0.15, -0.1) is 0 Å². The number of carbonyl (C=O) groups excluding carboxylic acids is 1. The summed E-state index contributed by atoms with van der Waals surface area (Å²) in [5.74, 6) is -0.634. The highest BCUT2D eigenvalue weighted by Gasteiger charge is 2.14. The van der Waals surface area contributed by atoms with Crippen LogP contribution in [0, 0.1) is 5.82 Å². The molecule has 2 N–H and O–H groups in total. The van der Waals surface area contributed by atoms with E-state index < -0.39 is 0 Å². The topological polar surface area (TPSA) is 92.7 Å². The summed E-state index contributed by atoms with van der Waals surface area (Å²) < 4.78 is 14.6. The van der Waals surface area contributed by atoms with Crippen LogP contribution in [0.4, 0.5) is 4.39 Å². The minimum absolute atomic E-state index is 0.247. The molecule has 0 saturated heterocycles. The van der Waals surface area contributed by atoms with E-state index in [9.17, 15) is 14.0 Å². The highest BCUT2D eigenvalue weighted by molar-refractivity contribution is 6.06. The van der Waals surface area contributed by atoms with E-state index in [0.717, 1.165) is 5.56 Å². The number of hydrogen-bond acceptors (Lipinski definition) is 4. The second-order valence-corrected chi connectivity index (χ2v) is 7.05. The number of carbonyl (C=O) groups is 1. The predicted octanol–water partition coefficient (Wildman–Crippen LogP) is 3.33. The molecule has 31 heavy (non-hydrogen) atoms. The van der Waals surface area contributed by atoms with Gasteiger partial charge in [-0.2, -0.15) is 0 Å². The molecule has 5 rings (SSSR count). The highest BCUT2D eigenvalue weighted by Crippen LogP contribution is 2.22. The van der Waals surface area contributed by atoms with Gasteiger partial charge in [0.05, 0.1) is 22.1 Å². The maximum atomic E-state index is 13.3. The summed E-state index contributed by atoms with van der Waals surface area (Å²) in [7, 11) is 0. The number of aromatic nitrogens is 4. The number of pyridine rings is 2. The van der Waals surface area contributed by atoms with Gasteiger partial charge in [0.25, 0.3) is 11.5 Å². The summed E-state index contributed by atoms with van der Waals surface area (Å²) in [6.45, 7) is 0.352. The van der Waals surface area contributed by atoms with Crippen LogP contribution in [-0.4, -0.2) is 25.7 Å². The number of rotatable bonds is 4. The molecule has 0 spiro atoms. The molecule has 8 heteroatoms. The Kier molecular flexibility index (Phi) is 4.51.